The van der Waals surface area contributed by atoms with Crippen molar-refractivity contribution in [2.45, 2.75) is 27.2 Å². The third-order valence-electron chi connectivity index (χ3n) is 2.00. The van der Waals surface area contributed by atoms with E-state index in [2.05, 4.69) is 39.8 Å². The van der Waals surface area contributed by atoms with Crippen LogP contribution in [0.1, 0.15) is 27.2 Å². The van der Waals surface area contributed by atoms with E-state index in [1.165, 1.54) is 11.1 Å². The number of allylic oxidation sites excluding steroid dienone is 4. The molecular weight excluding hydrogens is 127 g/mol. The van der Waals surface area contributed by atoms with Gasteiger partial charge in [-0.15, -0.1) is 6.08 Å². The summed E-state index contributed by atoms with van der Waals surface area (Å²) in [5, 5.41) is 0. The summed E-state index contributed by atoms with van der Waals surface area (Å²) in [5.41, 5.74) is 2.97. The predicted molar refractivity (Wildman–Crippen MR) is 45.6 cm³/mol. The Kier molecular flexibility index (Phi) is 3.55. The van der Waals surface area contributed by atoms with E-state index in [-0.39, 0.29) is 18.9 Å². The van der Waals surface area contributed by atoms with Crippen molar-refractivity contribution >= 4 is 0 Å². The van der Waals surface area contributed by atoms with Gasteiger partial charge in [-0.25, -0.2) is 0 Å². The summed E-state index contributed by atoms with van der Waals surface area (Å²) in [6.45, 7) is 10.6. The smallest absolute Gasteiger partial charge is 0.199 e. The maximum atomic E-state index is 3.94. The maximum Gasteiger partial charge on any atom is 1.00 e. The monoisotopic (exact) mass is 142 g/mol. The molecule has 0 fully saturated rings. The zero-order valence-electron chi connectivity index (χ0n) is 8.07. The zero-order chi connectivity index (χ0) is 7.78. The first-order valence-electron chi connectivity index (χ1n) is 3.72. The summed E-state index contributed by atoms with van der Waals surface area (Å²) >= 11 is 0. The van der Waals surface area contributed by atoms with E-state index in [1.807, 2.05) is 0 Å². The second-order valence-corrected chi connectivity index (χ2v) is 3.80. The van der Waals surface area contributed by atoms with Gasteiger partial charge in [0, 0.05) is 0 Å². The van der Waals surface area contributed by atoms with Crippen LogP contribution in [-0.2, 0) is 0 Å². The largest absolute Gasteiger partial charge is 1.00 e. The molecular formula is C10H15Li. The molecule has 0 amide bonds. The molecule has 1 aliphatic carbocycles. The summed E-state index contributed by atoms with van der Waals surface area (Å²) in [7, 11) is 0. The number of hydrogen-bond donors (Lipinski definition) is 0. The van der Waals surface area contributed by atoms with Gasteiger partial charge in [0.1, 0.15) is 0 Å². The SMILES string of the molecule is [CH2-]C1=C(C)CC(C)(C)C=C1.[Li+]. The van der Waals surface area contributed by atoms with Crippen LogP contribution in [0.4, 0.5) is 0 Å². The summed E-state index contributed by atoms with van der Waals surface area (Å²) in [6.07, 6.45) is 5.52. The van der Waals surface area contributed by atoms with Gasteiger partial charge in [0.05, 0.1) is 0 Å². The fourth-order valence-electron chi connectivity index (χ4n) is 1.32. The standard InChI is InChI=1S/C10H15.Li/c1-8-5-6-10(3,4)7-9(8)2;/h5-6H,1,7H2,2-4H3;/q-1;+1. The minimum Gasteiger partial charge on any atom is -0.199 e. The molecule has 0 unspecified atom stereocenters. The van der Waals surface area contributed by atoms with Gasteiger partial charge in [0.15, 0.2) is 0 Å². The van der Waals surface area contributed by atoms with Crippen molar-refractivity contribution in [1.82, 2.24) is 0 Å². The molecule has 0 aromatic rings. The van der Waals surface area contributed by atoms with Gasteiger partial charge < -0.3 is 0 Å². The van der Waals surface area contributed by atoms with E-state index in [4.69, 9.17) is 0 Å². The van der Waals surface area contributed by atoms with Crippen molar-refractivity contribution in [2.75, 3.05) is 0 Å². The summed E-state index contributed by atoms with van der Waals surface area (Å²) in [5.74, 6) is 0. The zero-order valence-corrected chi connectivity index (χ0v) is 8.07. The van der Waals surface area contributed by atoms with Crippen LogP contribution in [0.15, 0.2) is 23.3 Å². The summed E-state index contributed by atoms with van der Waals surface area (Å²) < 4.78 is 0. The number of hydrogen-bond acceptors (Lipinski definition) is 0. The van der Waals surface area contributed by atoms with Gasteiger partial charge in [-0.1, -0.05) is 27.2 Å². The molecule has 0 radical (unpaired) electrons. The maximum absolute atomic E-state index is 3.94. The van der Waals surface area contributed by atoms with E-state index < -0.39 is 0 Å². The minimum absolute atomic E-state index is 0. The quantitative estimate of drug-likeness (QED) is 0.333. The van der Waals surface area contributed by atoms with E-state index >= 15 is 0 Å². The van der Waals surface area contributed by atoms with Crippen LogP contribution in [-0.4, -0.2) is 0 Å². The first-order valence-corrected chi connectivity index (χ1v) is 3.72. The Bertz CT molecular complexity index is 197. The van der Waals surface area contributed by atoms with Crippen LogP contribution in [0, 0.1) is 12.3 Å². The van der Waals surface area contributed by atoms with Gasteiger partial charge in [-0.05, 0) is 5.41 Å². The van der Waals surface area contributed by atoms with Crippen LogP contribution in [0.2, 0.25) is 0 Å². The topological polar surface area (TPSA) is 0 Å². The Balaban J connectivity index is 0.000001000. The van der Waals surface area contributed by atoms with Crippen molar-refractivity contribution in [3.8, 4) is 0 Å². The molecule has 0 nitrogen and oxygen atoms in total. The summed E-state index contributed by atoms with van der Waals surface area (Å²) in [4.78, 5) is 0. The molecule has 0 N–H and O–H groups in total. The van der Waals surface area contributed by atoms with Crippen molar-refractivity contribution in [1.29, 1.82) is 0 Å². The first kappa shape index (κ1) is 10.9. The molecule has 0 saturated carbocycles. The van der Waals surface area contributed by atoms with Crippen LogP contribution < -0.4 is 18.9 Å². The predicted octanol–water partition coefficient (Wildman–Crippen LogP) is 0.127. The summed E-state index contributed by atoms with van der Waals surface area (Å²) in [6, 6.07) is 0. The third-order valence-corrected chi connectivity index (χ3v) is 2.00. The van der Waals surface area contributed by atoms with Crippen molar-refractivity contribution in [2.24, 2.45) is 5.41 Å². The molecule has 0 aromatic carbocycles. The Labute approximate surface area is 81.9 Å². The second-order valence-electron chi connectivity index (χ2n) is 3.80. The molecule has 1 heteroatoms. The van der Waals surface area contributed by atoms with E-state index in [0.29, 0.717) is 5.41 Å². The van der Waals surface area contributed by atoms with Crippen LogP contribution in [0.25, 0.3) is 0 Å². The Morgan fingerprint density at radius 3 is 2.36 bits per heavy atom. The average molecular weight is 142 g/mol. The normalized spacial score (nSPS) is 21.4. The Morgan fingerprint density at radius 2 is 2.00 bits per heavy atom. The van der Waals surface area contributed by atoms with Crippen LogP contribution in [0.5, 0.6) is 0 Å². The molecule has 1 aliphatic rings. The van der Waals surface area contributed by atoms with Crippen molar-refractivity contribution in [3.05, 3.63) is 30.2 Å². The molecule has 0 aliphatic heterocycles. The van der Waals surface area contributed by atoms with Crippen molar-refractivity contribution in [3.63, 3.8) is 0 Å². The first-order chi connectivity index (χ1) is 4.51. The van der Waals surface area contributed by atoms with Gasteiger partial charge in [-0.3, -0.25) is 0 Å². The molecule has 0 bridgehead atoms. The molecule has 0 saturated heterocycles. The molecule has 0 aromatic heterocycles. The average Bonchev–Trinajstić information content (AvgIpc) is 1.79. The molecule has 0 spiro atoms. The third kappa shape index (κ3) is 2.81. The molecule has 0 heterocycles. The van der Waals surface area contributed by atoms with Crippen LogP contribution >= 0.6 is 0 Å². The van der Waals surface area contributed by atoms with Crippen molar-refractivity contribution < 1.29 is 18.9 Å². The van der Waals surface area contributed by atoms with Gasteiger partial charge in [0.25, 0.3) is 0 Å². The van der Waals surface area contributed by atoms with Crippen LogP contribution in [0.3, 0.4) is 0 Å². The minimum atomic E-state index is 0. The van der Waals surface area contributed by atoms with E-state index in [0.717, 1.165) is 6.42 Å². The molecule has 0 atom stereocenters. The molecule has 11 heavy (non-hydrogen) atoms. The number of rotatable bonds is 0. The van der Waals surface area contributed by atoms with E-state index in [1.54, 1.807) is 0 Å². The molecule has 1 rings (SSSR count). The van der Waals surface area contributed by atoms with Gasteiger partial charge >= 0.3 is 18.9 Å². The Hall–Kier alpha value is -0.0526. The Morgan fingerprint density at radius 1 is 1.45 bits per heavy atom. The second kappa shape index (κ2) is 3.56. The fraction of sp³-hybridized carbons (Fsp3) is 0.500. The molecule has 56 valence electrons. The van der Waals surface area contributed by atoms with Gasteiger partial charge in [0.2, 0.25) is 0 Å². The van der Waals surface area contributed by atoms with E-state index in [9.17, 15) is 0 Å². The fourth-order valence-corrected chi connectivity index (χ4v) is 1.32. The van der Waals surface area contributed by atoms with Gasteiger partial charge in [-0.2, -0.15) is 24.1 Å².